The van der Waals surface area contributed by atoms with E-state index in [1.54, 1.807) is 41.3 Å². The van der Waals surface area contributed by atoms with Gasteiger partial charge in [0, 0.05) is 23.2 Å². The average Bonchev–Trinajstić information content (AvgIpc) is 2.73. The number of amides is 1. The molecule has 0 unspecified atom stereocenters. The number of carbonyl (C=O) groups excluding carboxylic acids is 1. The van der Waals surface area contributed by atoms with Gasteiger partial charge in [-0.15, -0.1) is 0 Å². The van der Waals surface area contributed by atoms with Crippen molar-refractivity contribution in [1.29, 1.82) is 5.41 Å². The molecule has 0 radical (unpaired) electrons. The zero-order valence-electron chi connectivity index (χ0n) is 19.4. The van der Waals surface area contributed by atoms with Gasteiger partial charge in [0.2, 0.25) is 0 Å². The Morgan fingerprint density at radius 2 is 1.50 bits per heavy atom. The molecule has 0 heterocycles. The zero-order chi connectivity index (χ0) is 23.7. The summed E-state index contributed by atoms with van der Waals surface area (Å²) in [7, 11) is 0. The van der Waals surface area contributed by atoms with Crippen molar-refractivity contribution in [1.82, 2.24) is 4.90 Å². The Hall–Kier alpha value is -3.22. The summed E-state index contributed by atoms with van der Waals surface area (Å²) in [5.41, 5.74) is 6.56. The second-order valence-electron chi connectivity index (χ2n) is 8.28. The Balaban J connectivity index is 1.73. The standard InChI is InChI=1S/C25H35N3O4/c1-17(2)28(18(3)4)25(30)20-10-13-23(22(29)16-20)32-15-7-5-6-14-31-21-11-8-19(9-12-21)24(26)27/h8-13,16-18,29H,5-7,14-15H2,1-4H3,(H3,26,27). The fourth-order valence-corrected chi connectivity index (χ4v) is 3.47. The molecule has 1 amide bonds. The van der Waals surface area contributed by atoms with Gasteiger partial charge in [0.25, 0.3) is 5.91 Å². The van der Waals surface area contributed by atoms with E-state index in [-0.39, 0.29) is 29.6 Å². The monoisotopic (exact) mass is 441 g/mol. The number of unbranched alkanes of at least 4 members (excludes halogenated alkanes) is 2. The maximum absolute atomic E-state index is 12.7. The van der Waals surface area contributed by atoms with Crippen LogP contribution in [-0.2, 0) is 0 Å². The lowest BCUT2D eigenvalue weighted by atomic mass is 10.1. The van der Waals surface area contributed by atoms with Gasteiger partial charge in [-0.25, -0.2) is 0 Å². The molecule has 0 aliphatic heterocycles. The normalized spacial score (nSPS) is 10.9. The summed E-state index contributed by atoms with van der Waals surface area (Å²) in [5, 5.41) is 17.7. The molecule has 0 aromatic heterocycles. The van der Waals surface area contributed by atoms with Crippen LogP contribution < -0.4 is 15.2 Å². The highest BCUT2D eigenvalue weighted by molar-refractivity contribution is 5.95. The van der Waals surface area contributed by atoms with E-state index in [1.807, 2.05) is 27.7 Å². The van der Waals surface area contributed by atoms with E-state index in [2.05, 4.69) is 0 Å². The minimum absolute atomic E-state index is 0.0272. The average molecular weight is 442 g/mol. The molecule has 174 valence electrons. The maximum Gasteiger partial charge on any atom is 0.254 e. The molecule has 0 fully saturated rings. The number of hydrogen-bond donors (Lipinski definition) is 3. The number of benzene rings is 2. The Morgan fingerprint density at radius 3 is 2.03 bits per heavy atom. The molecular weight excluding hydrogens is 406 g/mol. The minimum Gasteiger partial charge on any atom is -0.504 e. The molecule has 0 atom stereocenters. The van der Waals surface area contributed by atoms with Gasteiger partial charge in [-0.2, -0.15) is 0 Å². The number of rotatable bonds is 12. The van der Waals surface area contributed by atoms with E-state index >= 15 is 0 Å². The lowest BCUT2D eigenvalue weighted by molar-refractivity contribution is 0.0643. The number of nitrogens with one attached hydrogen (secondary N) is 1. The molecule has 2 aromatic rings. The van der Waals surface area contributed by atoms with Crippen LogP contribution in [0.1, 0.15) is 62.9 Å². The summed E-state index contributed by atoms with van der Waals surface area (Å²) >= 11 is 0. The number of aromatic hydroxyl groups is 1. The van der Waals surface area contributed by atoms with Crippen molar-refractivity contribution in [3.05, 3.63) is 53.6 Å². The van der Waals surface area contributed by atoms with Gasteiger partial charge >= 0.3 is 0 Å². The Labute approximate surface area is 190 Å². The highest BCUT2D eigenvalue weighted by Crippen LogP contribution is 2.28. The first-order chi connectivity index (χ1) is 15.2. The molecule has 4 N–H and O–H groups in total. The summed E-state index contributed by atoms with van der Waals surface area (Å²) in [6.07, 6.45) is 2.61. The molecule has 0 bridgehead atoms. The molecule has 7 nitrogen and oxygen atoms in total. The molecular formula is C25H35N3O4. The van der Waals surface area contributed by atoms with Crippen LogP contribution >= 0.6 is 0 Å². The van der Waals surface area contributed by atoms with E-state index < -0.39 is 0 Å². The van der Waals surface area contributed by atoms with E-state index in [0.29, 0.717) is 30.1 Å². The van der Waals surface area contributed by atoms with Gasteiger partial charge in [0.05, 0.1) is 13.2 Å². The van der Waals surface area contributed by atoms with Gasteiger partial charge in [-0.1, -0.05) is 0 Å². The summed E-state index contributed by atoms with van der Waals surface area (Å²) in [6, 6.07) is 12.1. The molecule has 0 spiro atoms. The van der Waals surface area contributed by atoms with Crippen molar-refractivity contribution in [2.45, 2.75) is 59.0 Å². The second-order valence-corrected chi connectivity index (χ2v) is 8.28. The lowest BCUT2D eigenvalue weighted by Crippen LogP contribution is -2.42. The predicted octanol–water partition coefficient (Wildman–Crippen LogP) is 4.56. The van der Waals surface area contributed by atoms with E-state index in [4.69, 9.17) is 20.6 Å². The summed E-state index contributed by atoms with van der Waals surface area (Å²) in [5.74, 6) is 1.04. The van der Waals surface area contributed by atoms with E-state index in [0.717, 1.165) is 25.0 Å². The van der Waals surface area contributed by atoms with Gasteiger partial charge in [-0.3, -0.25) is 10.2 Å². The largest absolute Gasteiger partial charge is 0.504 e. The van der Waals surface area contributed by atoms with Crippen molar-refractivity contribution in [3.8, 4) is 17.2 Å². The van der Waals surface area contributed by atoms with Gasteiger partial charge in [-0.05, 0) is 89.4 Å². The van der Waals surface area contributed by atoms with Crippen molar-refractivity contribution >= 4 is 11.7 Å². The number of nitrogens with zero attached hydrogens (tertiary/aromatic N) is 1. The predicted molar refractivity (Wildman–Crippen MR) is 127 cm³/mol. The number of nitrogens with two attached hydrogens (primary N) is 1. The number of amidine groups is 1. The highest BCUT2D eigenvalue weighted by atomic mass is 16.5. The number of phenolic OH excluding ortho intramolecular Hbond substituents is 1. The van der Waals surface area contributed by atoms with Crippen LogP contribution in [0.15, 0.2) is 42.5 Å². The minimum atomic E-state index is -0.104. The SMILES string of the molecule is CC(C)N(C(=O)c1ccc(OCCCCCOc2ccc(C(=N)N)cc2)c(O)c1)C(C)C. The van der Waals surface area contributed by atoms with Gasteiger partial charge in [0.1, 0.15) is 11.6 Å². The first-order valence-electron chi connectivity index (χ1n) is 11.1. The molecule has 2 rings (SSSR count). The lowest BCUT2D eigenvalue weighted by Gasteiger charge is -2.31. The van der Waals surface area contributed by atoms with E-state index in [9.17, 15) is 9.90 Å². The smallest absolute Gasteiger partial charge is 0.254 e. The van der Waals surface area contributed by atoms with E-state index in [1.165, 1.54) is 6.07 Å². The number of nitrogen functional groups attached to an aromatic ring is 1. The molecule has 7 heteroatoms. The van der Waals surface area contributed by atoms with Crippen LogP contribution in [0.4, 0.5) is 0 Å². The third-order valence-corrected chi connectivity index (χ3v) is 5.03. The number of phenols is 1. The maximum atomic E-state index is 12.7. The first kappa shape index (κ1) is 25.0. The fourth-order valence-electron chi connectivity index (χ4n) is 3.47. The second kappa shape index (κ2) is 12.0. The Bertz CT molecular complexity index is 887. The topological polar surface area (TPSA) is 109 Å². The van der Waals surface area contributed by atoms with Crippen LogP contribution in [-0.4, -0.2) is 47.0 Å². The van der Waals surface area contributed by atoms with Crippen molar-refractivity contribution in [3.63, 3.8) is 0 Å². The highest BCUT2D eigenvalue weighted by Gasteiger charge is 2.22. The van der Waals surface area contributed by atoms with Gasteiger partial charge < -0.3 is 25.2 Å². The molecule has 0 aliphatic rings. The van der Waals surface area contributed by atoms with Crippen LogP contribution in [0.25, 0.3) is 0 Å². The third kappa shape index (κ3) is 7.18. The molecule has 0 saturated carbocycles. The van der Waals surface area contributed by atoms with Crippen molar-refractivity contribution in [2.24, 2.45) is 5.73 Å². The number of hydrogen-bond acceptors (Lipinski definition) is 5. The quantitative estimate of drug-likeness (QED) is 0.254. The van der Waals surface area contributed by atoms with Crippen molar-refractivity contribution in [2.75, 3.05) is 13.2 Å². The molecule has 32 heavy (non-hydrogen) atoms. The summed E-state index contributed by atoms with van der Waals surface area (Å²) in [4.78, 5) is 14.5. The Kier molecular flexibility index (Phi) is 9.38. The molecule has 0 saturated heterocycles. The molecule has 0 aliphatic carbocycles. The third-order valence-electron chi connectivity index (χ3n) is 5.03. The van der Waals surface area contributed by atoms with Crippen LogP contribution in [0.2, 0.25) is 0 Å². The van der Waals surface area contributed by atoms with Crippen LogP contribution in [0.5, 0.6) is 17.2 Å². The first-order valence-corrected chi connectivity index (χ1v) is 11.1. The number of carbonyl (C=O) groups is 1. The molecule has 2 aromatic carbocycles. The summed E-state index contributed by atoms with van der Waals surface area (Å²) in [6.45, 7) is 8.96. The van der Waals surface area contributed by atoms with Crippen LogP contribution in [0, 0.1) is 5.41 Å². The van der Waals surface area contributed by atoms with Crippen molar-refractivity contribution < 1.29 is 19.4 Å². The van der Waals surface area contributed by atoms with Crippen LogP contribution in [0.3, 0.4) is 0 Å². The Morgan fingerprint density at radius 1 is 0.938 bits per heavy atom. The zero-order valence-corrected chi connectivity index (χ0v) is 19.4. The fraction of sp³-hybridized carbons (Fsp3) is 0.440. The number of ether oxygens (including phenoxy) is 2. The van der Waals surface area contributed by atoms with Gasteiger partial charge in [0.15, 0.2) is 11.5 Å². The summed E-state index contributed by atoms with van der Waals surface area (Å²) < 4.78 is 11.4.